The Bertz CT molecular complexity index is 688. The van der Waals surface area contributed by atoms with Gasteiger partial charge in [0.15, 0.2) is 5.76 Å². The van der Waals surface area contributed by atoms with Gasteiger partial charge in [0, 0.05) is 12.1 Å². The van der Waals surface area contributed by atoms with E-state index in [9.17, 15) is 4.79 Å². The fourth-order valence-corrected chi connectivity index (χ4v) is 2.87. The summed E-state index contributed by atoms with van der Waals surface area (Å²) in [7, 11) is 0. The minimum absolute atomic E-state index is 0.178. The van der Waals surface area contributed by atoms with Crippen LogP contribution in [0.1, 0.15) is 48.2 Å². The highest BCUT2D eigenvalue weighted by Gasteiger charge is 2.15. The molecule has 1 N–H and O–H groups in total. The summed E-state index contributed by atoms with van der Waals surface area (Å²) in [5.74, 6) is 0.931. The molecule has 126 valence electrons. The third-order valence-electron chi connectivity index (χ3n) is 4.21. The number of furan rings is 1. The summed E-state index contributed by atoms with van der Waals surface area (Å²) in [6.45, 7) is 0.957. The summed E-state index contributed by atoms with van der Waals surface area (Å²) in [4.78, 5) is 12.3. The number of carbonyl (C=O) groups is 1. The van der Waals surface area contributed by atoms with Crippen molar-refractivity contribution in [3.05, 3.63) is 65.6 Å². The van der Waals surface area contributed by atoms with E-state index >= 15 is 0 Å². The second-order valence-electron chi connectivity index (χ2n) is 5.99. The maximum absolute atomic E-state index is 12.3. The van der Waals surface area contributed by atoms with Crippen LogP contribution in [-0.4, -0.2) is 12.5 Å². The minimum atomic E-state index is -0.178. The first-order valence-electron chi connectivity index (χ1n) is 8.53. The van der Waals surface area contributed by atoms with Gasteiger partial charge in [0.05, 0.1) is 6.26 Å². The third-order valence-corrected chi connectivity index (χ3v) is 4.21. The summed E-state index contributed by atoms with van der Waals surface area (Å²) >= 11 is 0. The predicted molar refractivity (Wildman–Crippen MR) is 93.0 cm³/mol. The average Bonchev–Trinajstić information content (AvgIpc) is 3.10. The highest BCUT2D eigenvalue weighted by molar-refractivity contribution is 5.92. The summed E-state index contributed by atoms with van der Waals surface area (Å²) < 4.78 is 11.0. The predicted octanol–water partition coefficient (Wildman–Crippen LogP) is 4.48. The molecular weight excluding hydrogens is 302 g/mol. The van der Waals surface area contributed by atoms with Gasteiger partial charge in [0.1, 0.15) is 12.4 Å². The lowest BCUT2D eigenvalue weighted by Crippen LogP contribution is -2.25. The molecule has 1 amide bonds. The fraction of sp³-hybridized carbons (Fsp3) is 0.350. The number of ether oxygens (including phenoxy) is 1. The van der Waals surface area contributed by atoms with Crippen LogP contribution >= 0.6 is 0 Å². The number of para-hydroxylation sites is 1. The standard InChI is InChI=1S/C20H23NO3/c22-20(21-13-11-16-7-3-1-4-8-16)19-17(12-14-23-19)15-24-18-9-5-2-6-10-18/h2,5-7,9-10,12,14H,1,3-4,8,11,13,15H2,(H,21,22). The first-order valence-corrected chi connectivity index (χ1v) is 8.53. The van der Waals surface area contributed by atoms with Gasteiger partial charge in [-0.15, -0.1) is 0 Å². The molecule has 4 nitrogen and oxygen atoms in total. The molecule has 0 unspecified atom stereocenters. The third kappa shape index (κ3) is 4.51. The number of hydrogen-bond acceptors (Lipinski definition) is 3. The molecule has 0 atom stereocenters. The van der Waals surface area contributed by atoms with E-state index in [4.69, 9.17) is 9.15 Å². The Hall–Kier alpha value is -2.49. The van der Waals surface area contributed by atoms with Gasteiger partial charge in [-0.1, -0.05) is 29.8 Å². The molecule has 3 rings (SSSR count). The zero-order valence-corrected chi connectivity index (χ0v) is 13.8. The lowest BCUT2D eigenvalue weighted by molar-refractivity contribution is 0.0923. The van der Waals surface area contributed by atoms with E-state index in [2.05, 4.69) is 11.4 Å². The molecule has 0 spiro atoms. The Morgan fingerprint density at radius 3 is 2.83 bits per heavy atom. The second-order valence-corrected chi connectivity index (χ2v) is 5.99. The highest BCUT2D eigenvalue weighted by atomic mass is 16.5. The SMILES string of the molecule is O=C(NCCC1=CCCCC1)c1occc1COc1ccccc1. The molecule has 1 aliphatic rings. The van der Waals surface area contributed by atoms with Crippen molar-refractivity contribution in [1.82, 2.24) is 5.32 Å². The average molecular weight is 325 g/mol. The number of amides is 1. The summed E-state index contributed by atoms with van der Waals surface area (Å²) in [5.41, 5.74) is 2.21. The molecule has 1 heterocycles. The fourth-order valence-electron chi connectivity index (χ4n) is 2.87. The number of hydrogen-bond donors (Lipinski definition) is 1. The number of nitrogens with one attached hydrogen (secondary N) is 1. The van der Waals surface area contributed by atoms with Gasteiger partial charge >= 0.3 is 0 Å². The topological polar surface area (TPSA) is 51.5 Å². The molecule has 1 aromatic carbocycles. The van der Waals surface area contributed by atoms with Crippen molar-refractivity contribution < 1.29 is 13.9 Å². The lowest BCUT2D eigenvalue weighted by Gasteiger charge is -2.12. The van der Waals surface area contributed by atoms with Gasteiger partial charge in [0.2, 0.25) is 0 Å². The number of carbonyl (C=O) groups excluding carboxylic acids is 1. The van der Waals surface area contributed by atoms with Crippen LogP contribution < -0.4 is 10.1 Å². The van der Waals surface area contributed by atoms with Crippen molar-refractivity contribution in [2.75, 3.05) is 6.54 Å². The van der Waals surface area contributed by atoms with Gasteiger partial charge in [-0.2, -0.15) is 0 Å². The second kappa shape index (κ2) is 8.39. The van der Waals surface area contributed by atoms with Gasteiger partial charge in [-0.25, -0.2) is 0 Å². The molecule has 1 aromatic heterocycles. The van der Waals surface area contributed by atoms with Gasteiger partial charge < -0.3 is 14.5 Å². The molecule has 1 aliphatic carbocycles. The Balaban J connectivity index is 1.50. The summed E-state index contributed by atoms with van der Waals surface area (Å²) in [6.07, 6.45) is 9.63. The molecule has 0 fully saturated rings. The molecule has 24 heavy (non-hydrogen) atoms. The Morgan fingerprint density at radius 2 is 2.04 bits per heavy atom. The zero-order chi connectivity index (χ0) is 16.6. The molecule has 0 aliphatic heterocycles. The molecule has 0 saturated carbocycles. The highest BCUT2D eigenvalue weighted by Crippen LogP contribution is 2.20. The van der Waals surface area contributed by atoms with E-state index in [1.165, 1.54) is 31.1 Å². The van der Waals surface area contributed by atoms with Crippen LogP contribution in [-0.2, 0) is 6.61 Å². The number of allylic oxidation sites excluding steroid dienone is 1. The minimum Gasteiger partial charge on any atom is -0.489 e. The summed E-state index contributed by atoms with van der Waals surface area (Å²) in [6, 6.07) is 11.3. The van der Waals surface area contributed by atoms with E-state index in [1.54, 1.807) is 6.07 Å². The van der Waals surface area contributed by atoms with Gasteiger partial charge in [-0.3, -0.25) is 4.79 Å². The van der Waals surface area contributed by atoms with Crippen LogP contribution in [0.15, 0.2) is 58.7 Å². The van der Waals surface area contributed by atoms with Crippen LogP contribution in [0.2, 0.25) is 0 Å². The van der Waals surface area contributed by atoms with Crippen molar-refractivity contribution in [3.8, 4) is 5.75 Å². The Labute approximate surface area is 142 Å². The largest absolute Gasteiger partial charge is 0.489 e. The lowest BCUT2D eigenvalue weighted by atomic mass is 9.97. The van der Waals surface area contributed by atoms with Crippen LogP contribution in [0.4, 0.5) is 0 Å². The van der Waals surface area contributed by atoms with Crippen molar-refractivity contribution in [1.29, 1.82) is 0 Å². The van der Waals surface area contributed by atoms with Crippen LogP contribution in [0, 0.1) is 0 Å². The molecular formula is C20H23NO3. The maximum Gasteiger partial charge on any atom is 0.287 e. The number of rotatable bonds is 7. The monoisotopic (exact) mass is 325 g/mol. The summed E-state index contributed by atoms with van der Waals surface area (Å²) in [5, 5.41) is 2.94. The molecule has 0 bridgehead atoms. The Kier molecular flexibility index (Phi) is 5.72. The molecule has 2 aromatic rings. The van der Waals surface area contributed by atoms with Gasteiger partial charge in [-0.05, 0) is 50.3 Å². The van der Waals surface area contributed by atoms with E-state index in [0.717, 1.165) is 24.2 Å². The molecule has 4 heteroatoms. The Morgan fingerprint density at radius 1 is 1.17 bits per heavy atom. The van der Waals surface area contributed by atoms with Crippen LogP contribution in [0.3, 0.4) is 0 Å². The normalized spacial score (nSPS) is 14.1. The molecule has 0 saturated heterocycles. The van der Waals surface area contributed by atoms with Crippen molar-refractivity contribution >= 4 is 5.91 Å². The molecule has 0 radical (unpaired) electrons. The van der Waals surface area contributed by atoms with E-state index in [0.29, 0.717) is 18.9 Å². The van der Waals surface area contributed by atoms with Crippen molar-refractivity contribution in [3.63, 3.8) is 0 Å². The van der Waals surface area contributed by atoms with Crippen LogP contribution in [0.5, 0.6) is 5.75 Å². The van der Waals surface area contributed by atoms with E-state index < -0.39 is 0 Å². The first-order chi connectivity index (χ1) is 11.8. The van der Waals surface area contributed by atoms with E-state index in [-0.39, 0.29) is 5.91 Å². The first kappa shape index (κ1) is 16.4. The van der Waals surface area contributed by atoms with Crippen LogP contribution in [0.25, 0.3) is 0 Å². The quantitative estimate of drug-likeness (QED) is 0.764. The van der Waals surface area contributed by atoms with Crippen molar-refractivity contribution in [2.24, 2.45) is 0 Å². The van der Waals surface area contributed by atoms with Crippen molar-refractivity contribution in [2.45, 2.75) is 38.7 Å². The maximum atomic E-state index is 12.3. The number of benzene rings is 1. The zero-order valence-electron chi connectivity index (χ0n) is 13.8. The van der Waals surface area contributed by atoms with E-state index in [1.807, 2.05) is 30.3 Å². The van der Waals surface area contributed by atoms with Gasteiger partial charge in [0.25, 0.3) is 5.91 Å². The smallest absolute Gasteiger partial charge is 0.287 e.